The Balaban J connectivity index is 2.19. The fourth-order valence-electron chi connectivity index (χ4n) is 3.70. The maximum absolute atomic E-state index is 3.61. The van der Waals surface area contributed by atoms with Crippen molar-refractivity contribution in [3.63, 3.8) is 0 Å². The summed E-state index contributed by atoms with van der Waals surface area (Å²) >= 11 is 0. The number of hydrogen-bond acceptors (Lipinski definition) is 1. The second-order valence-corrected chi connectivity index (χ2v) is 6.25. The van der Waals surface area contributed by atoms with E-state index in [4.69, 9.17) is 0 Å². The van der Waals surface area contributed by atoms with Gasteiger partial charge in [-0.15, -0.1) is 0 Å². The van der Waals surface area contributed by atoms with Gasteiger partial charge in [0, 0.05) is 11.5 Å². The SMILES string of the molecule is CNC(C1CCCCC1)C(C)(C)c1ccccc1. The molecule has 2 rings (SSSR count). The van der Waals surface area contributed by atoms with Crippen LogP contribution in [0.15, 0.2) is 30.3 Å². The fourth-order valence-corrected chi connectivity index (χ4v) is 3.70. The monoisotopic (exact) mass is 245 g/mol. The lowest BCUT2D eigenvalue weighted by atomic mass is 9.69. The molecule has 18 heavy (non-hydrogen) atoms. The van der Waals surface area contributed by atoms with Gasteiger partial charge in [-0.1, -0.05) is 63.4 Å². The van der Waals surface area contributed by atoms with Crippen LogP contribution in [-0.2, 0) is 5.41 Å². The highest BCUT2D eigenvalue weighted by Gasteiger charge is 2.36. The Morgan fingerprint density at radius 3 is 2.22 bits per heavy atom. The summed E-state index contributed by atoms with van der Waals surface area (Å²) in [6, 6.07) is 11.5. The van der Waals surface area contributed by atoms with Gasteiger partial charge in [-0.3, -0.25) is 0 Å². The highest BCUT2D eigenvalue weighted by molar-refractivity contribution is 5.26. The van der Waals surface area contributed by atoms with Crippen LogP contribution in [0.5, 0.6) is 0 Å². The van der Waals surface area contributed by atoms with Gasteiger partial charge >= 0.3 is 0 Å². The van der Waals surface area contributed by atoms with Crippen LogP contribution < -0.4 is 5.32 Å². The van der Waals surface area contributed by atoms with E-state index in [1.54, 1.807) is 0 Å². The van der Waals surface area contributed by atoms with E-state index in [-0.39, 0.29) is 5.41 Å². The van der Waals surface area contributed by atoms with Gasteiger partial charge in [0.05, 0.1) is 0 Å². The first-order valence-electron chi connectivity index (χ1n) is 7.39. The molecule has 0 bridgehead atoms. The Bertz CT molecular complexity index is 349. The Morgan fingerprint density at radius 2 is 1.67 bits per heavy atom. The molecule has 0 radical (unpaired) electrons. The molecule has 100 valence electrons. The van der Waals surface area contributed by atoms with E-state index in [9.17, 15) is 0 Å². The first-order chi connectivity index (χ1) is 8.66. The molecule has 1 aromatic rings. The van der Waals surface area contributed by atoms with E-state index in [0.717, 1.165) is 5.92 Å². The van der Waals surface area contributed by atoms with Crippen molar-refractivity contribution in [1.82, 2.24) is 5.32 Å². The molecule has 1 aliphatic carbocycles. The molecule has 1 aliphatic rings. The minimum atomic E-state index is 0.206. The molecule has 1 heteroatoms. The zero-order chi connectivity index (χ0) is 13.0. The molecule has 0 amide bonds. The van der Waals surface area contributed by atoms with Gasteiger partial charge in [-0.2, -0.15) is 0 Å². The molecule has 0 saturated heterocycles. The molecular formula is C17H27N. The molecule has 1 fully saturated rings. The maximum atomic E-state index is 3.61. The average molecular weight is 245 g/mol. The first kappa shape index (κ1) is 13.6. The molecule has 1 nitrogen and oxygen atoms in total. The van der Waals surface area contributed by atoms with Crippen LogP contribution in [0.1, 0.15) is 51.5 Å². The summed E-state index contributed by atoms with van der Waals surface area (Å²) in [7, 11) is 2.13. The third-order valence-corrected chi connectivity index (χ3v) is 4.73. The number of benzene rings is 1. The van der Waals surface area contributed by atoms with E-state index in [1.807, 2.05) is 0 Å². The van der Waals surface area contributed by atoms with Crippen LogP contribution >= 0.6 is 0 Å². The van der Waals surface area contributed by atoms with Gasteiger partial charge < -0.3 is 5.32 Å². The normalized spacial score (nSPS) is 19.7. The molecule has 0 heterocycles. The van der Waals surface area contributed by atoms with Crippen LogP contribution in [0.3, 0.4) is 0 Å². The zero-order valence-electron chi connectivity index (χ0n) is 12.1. The second kappa shape index (κ2) is 5.88. The molecule has 0 aromatic heterocycles. The third kappa shape index (κ3) is 2.77. The summed E-state index contributed by atoms with van der Waals surface area (Å²) in [4.78, 5) is 0. The zero-order valence-corrected chi connectivity index (χ0v) is 12.1. The standard InChI is InChI=1S/C17H27N/c1-17(2,15-12-8-5-9-13-15)16(18-3)14-10-6-4-7-11-14/h5,8-9,12-14,16,18H,4,6-7,10-11H2,1-3H3. The van der Waals surface area contributed by atoms with E-state index in [2.05, 4.69) is 56.5 Å². The topological polar surface area (TPSA) is 12.0 Å². The predicted molar refractivity (Wildman–Crippen MR) is 78.9 cm³/mol. The molecule has 0 spiro atoms. The third-order valence-electron chi connectivity index (χ3n) is 4.73. The quantitative estimate of drug-likeness (QED) is 0.841. The van der Waals surface area contributed by atoms with Crippen molar-refractivity contribution < 1.29 is 0 Å². The summed E-state index contributed by atoms with van der Waals surface area (Å²) in [6.07, 6.45) is 7.03. The highest BCUT2D eigenvalue weighted by Crippen LogP contribution is 2.37. The molecule has 0 aliphatic heterocycles. The van der Waals surface area contributed by atoms with E-state index < -0.39 is 0 Å². The Kier molecular flexibility index (Phi) is 4.45. The molecule has 1 atom stereocenters. The van der Waals surface area contributed by atoms with E-state index in [1.165, 1.54) is 37.7 Å². The van der Waals surface area contributed by atoms with Crippen LogP contribution in [0.2, 0.25) is 0 Å². The van der Waals surface area contributed by atoms with Crippen molar-refractivity contribution in [2.75, 3.05) is 7.05 Å². The van der Waals surface area contributed by atoms with Crippen molar-refractivity contribution in [1.29, 1.82) is 0 Å². The molecular weight excluding hydrogens is 218 g/mol. The van der Waals surface area contributed by atoms with Gasteiger partial charge in [0.1, 0.15) is 0 Å². The largest absolute Gasteiger partial charge is 0.316 e. The van der Waals surface area contributed by atoms with E-state index in [0.29, 0.717) is 6.04 Å². The number of likely N-dealkylation sites (N-methyl/N-ethyl adjacent to an activating group) is 1. The number of rotatable bonds is 4. The van der Waals surface area contributed by atoms with Crippen LogP contribution in [0.25, 0.3) is 0 Å². The van der Waals surface area contributed by atoms with Crippen molar-refractivity contribution in [3.05, 3.63) is 35.9 Å². The van der Waals surface area contributed by atoms with Gasteiger partial charge in [-0.05, 0) is 31.4 Å². The summed E-state index contributed by atoms with van der Waals surface area (Å²) in [6.45, 7) is 4.77. The maximum Gasteiger partial charge on any atom is 0.0184 e. The summed E-state index contributed by atoms with van der Waals surface area (Å²) < 4.78 is 0. The fraction of sp³-hybridized carbons (Fsp3) is 0.647. The number of hydrogen-bond donors (Lipinski definition) is 1. The smallest absolute Gasteiger partial charge is 0.0184 e. The van der Waals surface area contributed by atoms with Crippen molar-refractivity contribution in [2.45, 2.75) is 57.4 Å². The number of nitrogens with one attached hydrogen (secondary N) is 1. The summed E-state index contributed by atoms with van der Waals surface area (Å²) in [5.74, 6) is 0.832. The summed E-state index contributed by atoms with van der Waals surface area (Å²) in [5, 5.41) is 3.61. The van der Waals surface area contributed by atoms with Crippen molar-refractivity contribution in [3.8, 4) is 0 Å². The average Bonchev–Trinajstić information content (AvgIpc) is 2.41. The van der Waals surface area contributed by atoms with Crippen molar-refractivity contribution in [2.24, 2.45) is 5.92 Å². The van der Waals surface area contributed by atoms with Gasteiger partial charge in [0.2, 0.25) is 0 Å². The molecule has 1 N–H and O–H groups in total. The second-order valence-electron chi connectivity index (χ2n) is 6.25. The van der Waals surface area contributed by atoms with Crippen molar-refractivity contribution >= 4 is 0 Å². The Labute approximate surface area is 112 Å². The Hall–Kier alpha value is -0.820. The minimum absolute atomic E-state index is 0.206. The van der Waals surface area contributed by atoms with Gasteiger partial charge in [-0.25, -0.2) is 0 Å². The first-order valence-corrected chi connectivity index (χ1v) is 7.39. The summed E-state index contributed by atoms with van der Waals surface area (Å²) in [5.41, 5.74) is 1.66. The van der Waals surface area contributed by atoms with Gasteiger partial charge in [0.15, 0.2) is 0 Å². The highest BCUT2D eigenvalue weighted by atomic mass is 14.9. The minimum Gasteiger partial charge on any atom is -0.316 e. The van der Waals surface area contributed by atoms with Gasteiger partial charge in [0.25, 0.3) is 0 Å². The van der Waals surface area contributed by atoms with Crippen LogP contribution in [0.4, 0.5) is 0 Å². The van der Waals surface area contributed by atoms with E-state index >= 15 is 0 Å². The molecule has 1 unspecified atom stereocenters. The lowest BCUT2D eigenvalue weighted by Gasteiger charge is -2.41. The lowest BCUT2D eigenvalue weighted by molar-refractivity contribution is 0.206. The molecule has 1 saturated carbocycles. The molecule has 1 aromatic carbocycles. The van der Waals surface area contributed by atoms with Crippen LogP contribution in [0, 0.1) is 5.92 Å². The van der Waals surface area contributed by atoms with Crippen LogP contribution in [-0.4, -0.2) is 13.1 Å². The Morgan fingerprint density at radius 1 is 1.06 bits per heavy atom. The lowest BCUT2D eigenvalue weighted by Crippen LogP contribution is -2.48. The predicted octanol–water partition coefficient (Wildman–Crippen LogP) is 4.13.